The Balaban J connectivity index is 1.41. The number of piperidine rings is 1. The van der Waals surface area contributed by atoms with Gasteiger partial charge in [0.25, 0.3) is 0 Å². The highest BCUT2D eigenvalue weighted by Gasteiger charge is 2.38. The summed E-state index contributed by atoms with van der Waals surface area (Å²) in [7, 11) is 0. The van der Waals surface area contributed by atoms with Crippen LogP contribution in [0, 0.1) is 5.41 Å². The number of rotatable bonds is 3. The zero-order chi connectivity index (χ0) is 14.8. The SMILES string of the molecule is c1ccc(-c2csc(CN3CCC4(CCNCC4)C3)n2)cc1. The first-order valence-corrected chi connectivity index (χ1v) is 9.14. The Morgan fingerprint density at radius 2 is 1.95 bits per heavy atom. The third-order valence-electron chi connectivity index (χ3n) is 5.16. The first kappa shape index (κ1) is 14.4. The molecule has 0 saturated carbocycles. The van der Waals surface area contributed by atoms with Crippen molar-refractivity contribution in [1.29, 1.82) is 0 Å². The number of nitrogens with one attached hydrogen (secondary N) is 1. The smallest absolute Gasteiger partial charge is 0.107 e. The van der Waals surface area contributed by atoms with Crippen LogP contribution < -0.4 is 5.32 Å². The molecule has 0 atom stereocenters. The van der Waals surface area contributed by atoms with Crippen molar-refractivity contribution in [3.63, 3.8) is 0 Å². The van der Waals surface area contributed by atoms with E-state index in [1.165, 1.54) is 56.0 Å². The van der Waals surface area contributed by atoms with E-state index >= 15 is 0 Å². The Morgan fingerprint density at radius 1 is 1.14 bits per heavy atom. The van der Waals surface area contributed by atoms with Gasteiger partial charge in [-0.15, -0.1) is 11.3 Å². The summed E-state index contributed by atoms with van der Waals surface area (Å²) in [6.07, 6.45) is 4.05. The maximum atomic E-state index is 4.84. The number of aromatic nitrogens is 1. The first-order chi connectivity index (χ1) is 10.8. The number of benzene rings is 1. The molecular weight excluding hydrogens is 290 g/mol. The largest absolute Gasteiger partial charge is 0.317 e. The lowest BCUT2D eigenvalue weighted by atomic mass is 9.78. The number of hydrogen-bond donors (Lipinski definition) is 1. The average molecular weight is 313 g/mol. The van der Waals surface area contributed by atoms with E-state index in [4.69, 9.17) is 4.98 Å². The normalized spacial score (nSPS) is 21.5. The molecule has 0 aliphatic carbocycles. The molecule has 2 fully saturated rings. The molecule has 0 unspecified atom stereocenters. The van der Waals surface area contributed by atoms with Crippen LogP contribution in [0.4, 0.5) is 0 Å². The van der Waals surface area contributed by atoms with E-state index in [0.29, 0.717) is 5.41 Å². The van der Waals surface area contributed by atoms with Crippen LogP contribution in [0.5, 0.6) is 0 Å². The minimum atomic E-state index is 0.588. The molecule has 0 radical (unpaired) electrons. The summed E-state index contributed by atoms with van der Waals surface area (Å²) >= 11 is 1.80. The molecule has 0 bridgehead atoms. The summed E-state index contributed by atoms with van der Waals surface area (Å²) in [5.41, 5.74) is 2.93. The van der Waals surface area contributed by atoms with Gasteiger partial charge in [-0.2, -0.15) is 0 Å². The van der Waals surface area contributed by atoms with E-state index in [2.05, 4.69) is 45.9 Å². The van der Waals surface area contributed by atoms with E-state index in [0.717, 1.165) is 12.2 Å². The predicted octanol–water partition coefficient (Wildman–Crippen LogP) is 3.39. The Morgan fingerprint density at radius 3 is 2.77 bits per heavy atom. The Kier molecular flexibility index (Phi) is 3.99. The van der Waals surface area contributed by atoms with Gasteiger partial charge in [-0.05, 0) is 44.3 Å². The van der Waals surface area contributed by atoms with Gasteiger partial charge >= 0.3 is 0 Å². The minimum Gasteiger partial charge on any atom is -0.317 e. The summed E-state index contributed by atoms with van der Waals surface area (Å²) in [5, 5.41) is 6.94. The highest BCUT2D eigenvalue weighted by molar-refractivity contribution is 7.09. The van der Waals surface area contributed by atoms with Crippen molar-refractivity contribution >= 4 is 11.3 Å². The third kappa shape index (κ3) is 2.96. The Hall–Kier alpha value is -1.23. The van der Waals surface area contributed by atoms with Gasteiger partial charge in [-0.1, -0.05) is 30.3 Å². The van der Waals surface area contributed by atoms with E-state index < -0.39 is 0 Å². The van der Waals surface area contributed by atoms with Crippen LogP contribution in [0.25, 0.3) is 11.3 Å². The summed E-state index contributed by atoms with van der Waals surface area (Å²) < 4.78 is 0. The van der Waals surface area contributed by atoms with Crippen molar-refractivity contribution in [2.45, 2.75) is 25.8 Å². The maximum absolute atomic E-state index is 4.84. The summed E-state index contributed by atoms with van der Waals surface area (Å²) in [6.45, 7) is 5.91. The third-order valence-corrected chi connectivity index (χ3v) is 6.00. The molecule has 22 heavy (non-hydrogen) atoms. The zero-order valence-electron chi connectivity index (χ0n) is 12.9. The lowest BCUT2D eigenvalue weighted by molar-refractivity contribution is 0.194. The monoisotopic (exact) mass is 313 g/mol. The van der Waals surface area contributed by atoms with Crippen molar-refractivity contribution in [1.82, 2.24) is 15.2 Å². The second-order valence-corrected chi connectivity index (χ2v) is 7.65. The van der Waals surface area contributed by atoms with E-state index in [9.17, 15) is 0 Å². The molecule has 2 aliphatic rings. The number of hydrogen-bond acceptors (Lipinski definition) is 4. The fraction of sp³-hybridized carbons (Fsp3) is 0.500. The predicted molar refractivity (Wildman–Crippen MR) is 92.0 cm³/mol. The van der Waals surface area contributed by atoms with E-state index in [-0.39, 0.29) is 0 Å². The summed E-state index contributed by atoms with van der Waals surface area (Å²) in [6, 6.07) is 10.5. The highest BCUT2D eigenvalue weighted by Crippen LogP contribution is 2.39. The molecule has 0 amide bonds. The molecular formula is C18H23N3S. The fourth-order valence-corrected chi connectivity index (χ4v) is 4.69. The fourth-order valence-electron chi connectivity index (χ4n) is 3.84. The molecule has 2 aromatic rings. The van der Waals surface area contributed by atoms with Gasteiger partial charge in [0.2, 0.25) is 0 Å². The highest BCUT2D eigenvalue weighted by atomic mass is 32.1. The van der Waals surface area contributed by atoms with Gasteiger partial charge in [0.05, 0.1) is 12.2 Å². The molecule has 116 valence electrons. The molecule has 1 spiro atoms. The number of likely N-dealkylation sites (tertiary alicyclic amines) is 1. The van der Waals surface area contributed by atoms with Crippen LogP contribution in [0.2, 0.25) is 0 Å². The van der Waals surface area contributed by atoms with Gasteiger partial charge in [0.15, 0.2) is 0 Å². The maximum Gasteiger partial charge on any atom is 0.107 e. The lowest BCUT2D eigenvalue weighted by Crippen LogP contribution is -2.38. The quantitative estimate of drug-likeness (QED) is 0.941. The summed E-state index contributed by atoms with van der Waals surface area (Å²) in [4.78, 5) is 7.45. The molecule has 1 aromatic heterocycles. The van der Waals surface area contributed by atoms with Gasteiger partial charge in [0.1, 0.15) is 5.01 Å². The molecule has 1 aromatic carbocycles. The molecule has 4 heteroatoms. The van der Waals surface area contributed by atoms with Gasteiger partial charge in [0, 0.05) is 17.5 Å². The topological polar surface area (TPSA) is 28.2 Å². The van der Waals surface area contributed by atoms with Crippen LogP contribution in [0.3, 0.4) is 0 Å². The Labute approximate surface area is 136 Å². The van der Waals surface area contributed by atoms with Crippen molar-refractivity contribution in [3.05, 3.63) is 40.7 Å². The average Bonchev–Trinajstić information content (AvgIpc) is 3.17. The van der Waals surface area contributed by atoms with Crippen LogP contribution in [-0.2, 0) is 6.54 Å². The minimum absolute atomic E-state index is 0.588. The first-order valence-electron chi connectivity index (χ1n) is 8.26. The molecule has 1 N–H and O–H groups in total. The molecule has 4 rings (SSSR count). The van der Waals surface area contributed by atoms with Gasteiger partial charge < -0.3 is 5.32 Å². The van der Waals surface area contributed by atoms with Crippen LogP contribution in [0.1, 0.15) is 24.3 Å². The number of thiazole rings is 1. The molecule has 3 heterocycles. The summed E-state index contributed by atoms with van der Waals surface area (Å²) in [5.74, 6) is 0. The van der Waals surface area contributed by atoms with Crippen molar-refractivity contribution in [2.24, 2.45) is 5.41 Å². The Bertz CT molecular complexity index is 616. The van der Waals surface area contributed by atoms with E-state index in [1.54, 1.807) is 11.3 Å². The molecule has 3 nitrogen and oxygen atoms in total. The van der Waals surface area contributed by atoms with Crippen molar-refractivity contribution in [2.75, 3.05) is 26.2 Å². The van der Waals surface area contributed by atoms with Crippen LogP contribution in [0.15, 0.2) is 35.7 Å². The van der Waals surface area contributed by atoms with Crippen molar-refractivity contribution in [3.8, 4) is 11.3 Å². The van der Waals surface area contributed by atoms with E-state index in [1.807, 2.05) is 0 Å². The van der Waals surface area contributed by atoms with Gasteiger partial charge in [-0.25, -0.2) is 4.98 Å². The second kappa shape index (κ2) is 6.11. The molecule has 2 aliphatic heterocycles. The van der Waals surface area contributed by atoms with Crippen LogP contribution in [-0.4, -0.2) is 36.1 Å². The van der Waals surface area contributed by atoms with Gasteiger partial charge in [-0.3, -0.25) is 4.90 Å². The lowest BCUT2D eigenvalue weighted by Gasteiger charge is -2.33. The molecule has 2 saturated heterocycles. The number of nitrogens with zero attached hydrogens (tertiary/aromatic N) is 2. The standard InChI is InChI=1S/C18H23N3S/c1-2-4-15(5-3-1)16-13-22-17(20-16)12-21-11-8-18(14-21)6-9-19-10-7-18/h1-5,13,19H,6-12,14H2. The van der Waals surface area contributed by atoms with Crippen LogP contribution >= 0.6 is 11.3 Å². The van der Waals surface area contributed by atoms with Crippen molar-refractivity contribution < 1.29 is 0 Å². The second-order valence-electron chi connectivity index (χ2n) is 6.70. The zero-order valence-corrected chi connectivity index (χ0v) is 13.7.